The van der Waals surface area contributed by atoms with Gasteiger partial charge in [0, 0.05) is 12.1 Å². The molecule has 1 fully saturated rings. The molecule has 17 heavy (non-hydrogen) atoms. The lowest BCUT2D eigenvalue weighted by Gasteiger charge is -2.03. The zero-order chi connectivity index (χ0) is 12.6. The molecule has 6 nitrogen and oxygen atoms in total. The van der Waals surface area contributed by atoms with E-state index in [9.17, 15) is 19.8 Å². The van der Waals surface area contributed by atoms with E-state index >= 15 is 0 Å². The van der Waals surface area contributed by atoms with E-state index in [0.29, 0.717) is 11.8 Å². The molecule has 0 aromatic heterocycles. The lowest BCUT2D eigenvalue weighted by atomic mass is 10.1. The maximum absolute atomic E-state index is 11.2. The zero-order valence-corrected chi connectivity index (χ0v) is 9.11. The summed E-state index contributed by atoms with van der Waals surface area (Å²) in [6.45, 7) is 0. The van der Waals surface area contributed by atoms with Crippen LogP contribution in [0.3, 0.4) is 0 Å². The number of imide groups is 1. The van der Waals surface area contributed by atoms with Crippen LogP contribution in [0.25, 0.3) is 6.08 Å². The highest BCUT2D eigenvalue weighted by Crippen LogP contribution is 2.36. The number of aromatic hydroxyl groups is 3. The van der Waals surface area contributed by atoms with Crippen molar-refractivity contribution in [2.75, 3.05) is 0 Å². The first-order chi connectivity index (χ1) is 7.97. The summed E-state index contributed by atoms with van der Waals surface area (Å²) in [6.07, 6.45) is 1.18. The summed E-state index contributed by atoms with van der Waals surface area (Å²) in [4.78, 5) is 22.2. The summed E-state index contributed by atoms with van der Waals surface area (Å²) in [6, 6.07) is 2.04. The van der Waals surface area contributed by atoms with Crippen molar-refractivity contribution in [1.82, 2.24) is 5.32 Å². The van der Waals surface area contributed by atoms with E-state index in [0.717, 1.165) is 12.1 Å². The first-order valence-corrected chi connectivity index (χ1v) is 5.29. The van der Waals surface area contributed by atoms with Crippen LogP contribution < -0.4 is 5.32 Å². The monoisotopic (exact) mass is 253 g/mol. The van der Waals surface area contributed by atoms with Gasteiger partial charge in [-0.1, -0.05) is 0 Å². The molecule has 0 radical (unpaired) electrons. The summed E-state index contributed by atoms with van der Waals surface area (Å²) in [5, 5.41) is 29.6. The third-order valence-corrected chi connectivity index (χ3v) is 2.85. The summed E-state index contributed by atoms with van der Waals surface area (Å²) in [7, 11) is 0. The van der Waals surface area contributed by atoms with Crippen molar-refractivity contribution < 1.29 is 24.9 Å². The SMILES string of the molecule is O=C1NC(=O)C(=Cc2c(O)cc(O)cc2O)S1. The van der Waals surface area contributed by atoms with E-state index < -0.39 is 11.1 Å². The highest BCUT2D eigenvalue weighted by molar-refractivity contribution is 8.18. The van der Waals surface area contributed by atoms with E-state index in [-0.39, 0.29) is 27.7 Å². The Morgan fingerprint density at radius 1 is 1.12 bits per heavy atom. The Kier molecular flexibility index (Phi) is 2.68. The van der Waals surface area contributed by atoms with Crippen LogP contribution in [0.15, 0.2) is 17.0 Å². The highest BCUT2D eigenvalue weighted by atomic mass is 32.2. The smallest absolute Gasteiger partial charge is 0.290 e. The molecule has 0 saturated carbocycles. The maximum Gasteiger partial charge on any atom is 0.290 e. The van der Waals surface area contributed by atoms with Crippen molar-refractivity contribution in [3.8, 4) is 17.2 Å². The molecule has 2 rings (SSSR count). The molecule has 2 amide bonds. The molecule has 0 atom stereocenters. The van der Waals surface area contributed by atoms with Gasteiger partial charge in [0.2, 0.25) is 0 Å². The summed E-state index contributed by atoms with van der Waals surface area (Å²) in [5.74, 6) is -1.67. The van der Waals surface area contributed by atoms with Crippen LogP contribution in [0.1, 0.15) is 5.56 Å². The Morgan fingerprint density at radius 2 is 1.71 bits per heavy atom. The highest BCUT2D eigenvalue weighted by Gasteiger charge is 2.25. The molecule has 1 saturated heterocycles. The van der Waals surface area contributed by atoms with E-state index in [2.05, 4.69) is 0 Å². The van der Waals surface area contributed by atoms with E-state index in [1.54, 1.807) is 0 Å². The molecule has 1 aromatic rings. The maximum atomic E-state index is 11.2. The van der Waals surface area contributed by atoms with Crippen molar-refractivity contribution in [2.24, 2.45) is 0 Å². The van der Waals surface area contributed by atoms with Gasteiger partial charge in [0.15, 0.2) is 0 Å². The van der Waals surface area contributed by atoms with Crippen molar-refractivity contribution in [3.05, 3.63) is 22.6 Å². The van der Waals surface area contributed by atoms with Crippen molar-refractivity contribution in [2.45, 2.75) is 0 Å². The van der Waals surface area contributed by atoms with Crippen LogP contribution in [0, 0.1) is 0 Å². The molecular formula is C10H7NO5S. The fourth-order valence-corrected chi connectivity index (χ4v) is 1.97. The molecule has 1 aliphatic rings. The second kappa shape index (κ2) is 4.02. The fraction of sp³-hybridized carbons (Fsp3) is 0. The summed E-state index contributed by atoms with van der Waals surface area (Å²) >= 11 is 0.667. The van der Waals surface area contributed by atoms with Crippen LogP contribution in [0.4, 0.5) is 4.79 Å². The number of nitrogens with one attached hydrogen (secondary N) is 1. The van der Waals surface area contributed by atoms with Gasteiger partial charge in [0.25, 0.3) is 11.1 Å². The number of carbonyl (C=O) groups excluding carboxylic acids is 2. The third-order valence-electron chi connectivity index (χ3n) is 2.04. The van der Waals surface area contributed by atoms with Gasteiger partial charge < -0.3 is 15.3 Å². The normalized spacial score (nSPS) is 17.5. The van der Waals surface area contributed by atoms with Crippen molar-refractivity contribution in [3.63, 3.8) is 0 Å². The average Bonchev–Trinajstić information content (AvgIpc) is 2.51. The van der Waals surface area contributed by atoms with Gasteiger partial charge in [-0.25, -0.2) is 0 Å². The summed E-state index contributed by atoms with van der Waals surface area (Å²) < 4.78 is 0. The lowest BCUT2D eigenvalue weighted by molar-refractivity contribution is -0.115. The van der Waals surface area contributed by atoms with Gasteiger partial charge in [-0.3, -0.25) is 14.9 Å². The van der Waals surface area contributed by atoms with Crippen LogP contribution in [-0.4, -0.2) is 26.5 Å². The quantitative estimate of drug-likeness (QED) is 0.559. The first-order valence-electron chi connectivity index (χ1n) is 4.47. The number of phenols is 3. The van der Waals surface area contributed by atoms with Crippen LogP contribution in [-0.2, 0) is 4.79 Å². The Morgan fingerprint density at radius 3 is 2.18 bits per heavy atom. The fourth-order valence-electron chi connectivity index (χ4n) is 1.31. The van der Waals surface area contributed by atoms with Gasteiger partial charge >= 0.3 is 0 Å². The van der Waals surface area contributed by atoms with E-state index in [1.807, 2.05) is 5.32 Å². The molecule has 7 heteroatoms. The van der Waals surface area contributed by atoms with Gasteiger partial charge in [0.05, 0.1) is 10.5 Å². The van der Waals surface area contributed by atoms with Gasteiger partial charge in [-0.15, -0.1) is 0 Å². The predicted octanol–water partition coefficient (Wildman–Crippen LogP) is 1.13. The van der Waals surface area contributed by atoms with Crippen LogP contribution in [0.5, 0.6) is 17.2 Å². The minimum Gasteiger partial charge on any atom is -0.508 e. The molecule has 0 bridgehead atoms. The standard InChI is InChI=1S/C10H7NO5S/c12-4-1-6(13)5(7(14)2-4)3-8-9(15)11-10(16)17-8/h1-3,12-14H,(H,11,15,16). The Balaban J connectivity index is 2.46. The molecule has 88 valence electrons. The number of thioether (sulfide) groups is 1. The average molecular weight is 253 g/mol. The second-order valence-electron chi connectivity index (χ2n) is 3.25. The first kappa shape index (κ1) is 11.3. The number of benzene rings is 1. The topological polar surface area (TPSA) is 107 Å². The van der Waals surface area contributed by atoms with Crippen LogP contribution in [0.2, 0.25) is 0 Å². The Bertz CT molecular complexity index is 529. The lowest BCUT2D eigenvalue weighted by Crippen LogP contribution is -2.17. The number of phenolic OH excluding ortho intramolecular Hbond substituents is 3. The molecule has 1 heterocycles. The minimum atomic E-state index is -0.591. The molecule has 0 unspecified atom stereocenters. The number of rotatable bonds is 1. The molecule has 0 spiro atoms. The largest absolute Gasteiger partial charge is 0.508 e. The minimum absolute atomic E-state index is 0.0323. The molecule has 1 aromatic carbocycles. The number of hydrogen-bond donors (Lipinski definition) is 4. The van der Waals surface area contributed by atoms with Crippen LogP contribution >= 0.6 is 11.8 Å². The Labute approximate surface area is 99.6 Å². The van der Waals surface area contributed by atoms with Crippen molar-refractivity contribution >= 4 is 29.0 Å². The van der Waals surface area contributed by atoms with Gasteiger partial charge in [-0.2, -0.15) is 0 Å². The second-order valence-corrected chi connectivity index (χ2v) is 4.26. The Hall–Kier alpha value is -2.15. The van der Waals surface area contributed by atoms with E-state index in [1.165, 1.54) is 6.08 Å². The number of hydrogen-bond acceptors (Lipinski definition) is 6. The predicted molar refractivity (Wildman–Crippen MR) is 60.5 cm³/mol. The molecule has 4 N–H and O–H groups in total. The number of carbonyl (C=O) groups is 2. The number of amides is 2. The van der Waals surface area contributed by atoms with Gasteiger partial charge in [-0.05, 0) is 17.8 Å². The summed E-state index contributed by atoms with van der Waals surface area (Å²) in [5.41, 5.74) is -0.0323. The molecule has 1 aliphatic heterocycles. The van der Waals surface area contributed by atoms with Gasteiger partial charge in [0.1, 0.15) is 17.2 Å². The van der Waals surface area contributed by atoms with Crippen molar-refractivity contribution in [1.29, 1.82) is 0 Å². The molecule has 0 aliphatic carbocycles. The zero-order valence-electron chi connectivity index (χ0n) is 8.30. The van der Waals surface area contributed by atoms with E-state index in [4.69, 9.17) is 5.11 Å². The molecular weight excluding hydrogens is 246 g/mol. The third kappa shape index (κ3) is 2.18.